The highest BCUT2D eigenvalue weighted by Crippen LogP contribution is 2.45. The Morgan fingerprint density at radius 1 is 1.40 bits per heavy atom. The number of nitrogens with two attached hydrogens (primary N) is 1. The van der Waals surface area contributed by atoms with Crippen LogP contribution >= 0.6 is 11.6 Å². The first kappa shape index (κ1) is 17.3. The predicted molar refractivity (Wildman–Crippen MR) is 87.4 cm³/mol. The number of amidine groups is 1. The zero-order chi connectivity index (χ0) is 18.0. The van der Waals surface area contributed by atoms with E-state index in [0.717, 1.165) is 17.5 Å². The van der Waals surface area contributed by atoms with E-state index in [2.05, 4.69) is 10.3 Å². The van der Waals surface area contributed by atoms with Crippen LogP contribution in [0.3, 0.4) is 0 Å². The molecule has 0 radical (unpaired) electrons. The van der Waals surface area contributed by atoms with Crippen molar-refractivity contribution < 1.29 is 18.4 Å². The van der Waals surface area contributed by atoms with Crippen molar-refractivity contribution in [3.05, 3.63) is 52.3 Å². The first-order valence-corrected chi connectivity index (χ1v) is 7.98. The Morgan fingerprint density at radius 2 is 2.08 bits per heavy atom. The molecule has 132 valence electrons. The number of nitrogens with zero attached hydrogens (tertiary/aromatic N) is 3. The number of oxime groups is 1. The molecule has 0 aliphatic heterocycles. The van der Waals surface area contributed by atoms with E-state index in [1.54, 1.807) is 24.3 Å². The molecule has 1 aliphatic rings. The van der Waals surface area contributed by atoms with Crippen LogP contribution in [0.2, 0.25) is 5.02 Å². The van der Waals surface area contributed by atoms with Gasteiger partial charge in [-0.1, -0.05) is 47.1 Å². The number of carbonyl (C=O) groups is 1. The van der Waals surface area contributed by atoms with Crippen molar-refractivity contribution in [2.45, 2.75) is 31.7 Å². The van der Waals surface area contributed by atoms with E-state index in [1.807, 2.05) is 6.07 Å². The first-order valence-electron chi connectivity index (χ1n) is 7.60. The molecule has 2 N–H and O–H groups in total. The summed E-state index contributed by atoms with van der Waals surface area (Å²) in [5.74, 6) is -0.706. The fraction of sp³-hybridized carbons (Fsp3) is 0.312. The molecular formula is C16H15ClF2N4O2. The van der Waals surface area contributed by atoms with Crippen LogP contribution in [0.25, 0.3) is 0 Å². The van der Waals surface area contributed by atoms with Gasteiger partial charge in [-0.2, -0.15) is 5.10 Å². The molecular weight excluding hydrogens is 354 g/mol. The maximum atomic E-state index is 13.0. The Balaban J connectivity index is 1.72. The fourth-order valence-electron chi connectivity index (χ4n) is 2.39. The van der Waals surface area contributed by atoms with E-state index in [0.29, 0.717) is 11.3 Å². The number of aromatic nitrogens is 2. The van der Waals surface area contributed by atoms with Gasteiger partial charge in [0, 0.05) is 11.5 Å². The molecule has 3 rings (SSSR count). The molecule has 6 nitrogen and oxygen atoms in total. The molecule has 0 unspecified atom stereocenters. The van der Waals surface area contributed by atoms with Gasteiger partial charge in [0.1, 0.15) is 12.2 Å². The van der Waals surface area contributed by atoms with Crippen LogP contribution in [-0.2, 0) is 16.2 Å². The minimum Gasteiger partial charge on any atom is -0.380 e. The summed E-state index contributed by atoms with van der Waals surface area (Å²) in [5, 5.41) is 7.23. The third-order valence-electron chi connectivity index (χ3n) is 3.72. The van der Waals surface area contributed by atoms with Gasteiger partial charge in [0.2, 0.25) is 0 Å². The van der Waals surface area contributed by atoms with Crippen LogP contribution in [0.1, 0.15) is 42.1 Å². The molecule has 0 amide bonds. The number of alkyl halides is 2. The SMILES string of the molecule is N/C(=N\OC(=O)Cn1nc(C(F)F)c(Cl)c1C1CC1)c1ccccc1. The van der Waals surface area contributed by atoms with E-state index in [-0.39, 0.29) is 23.3 Å². The maximum absolute atomic E-state index is 13.0. The van der Waals surface area contributed by atoms with Crippen molar-refractivity contribution >= 4 is 23.4 Å². The van der Waals surface area contributed by atoms with E-state index in [1.165, 1.54) is 0 Å². The van der Waals surface area contributed by atoms with Gasteiger partial charge >= 0.3 is 5.97 Å². The van der Waals surface area contributed by atoms with Gasteiger partial charge < -0.3 is 10.6 Å². The number of carbonyl (C=O) groups excluding carboxylic acids is 1. The topological polar surface area (TPSA) is 82.5 Å². The van der Waals surface area contributed by atoms with E-state index in [4.69, 9.17) is 22.2 Å². The van der Waals surface area contributed by atoms with Crippen molar-refractivity contribution in [1.82, 2.24) is 9.78 Å². The number of hydrogen-bond donors (Lipinski definition) is 1. The van der Waals surface area contributed by atoms with Gasteiger partial charge in [-0.15, -0.1) is 0 Å². The third kappa shape index (κ3) is 3.96. The van der Waals surface area contributed by atoms with Crippen molar-refractivity contribution in [3.8, 4) is 0 Å². The molecule has 25 heavy (non-hydrogen) atoms. The molecule has 1 saturated carbocycles. The smallest absolute Gasteiger partial charge is 0.356 e. The van der Waals surface area contributed by atoms with Crippen LogP contribution in [0.15, 0.2) is 35.5 Å². The molecule has 0 atom stereocenters. The standard InChI is InChI=1S/C16H15ClF2N4O2/c17-12-13(15(18)19)21-23(14(12)9-6-7-9)8-11(24)25-22-16(20)10-4-2-1-3-5-10/h1-5,9,15H,6-8H2,(H2,20,22). The summed E-state index contributed by atoms with van der Waals surface area (Å²) >= 11 is 5.99. The second-order valence-electron chi connectivity index (χ2n) is 5.62. The molecule has 1 heterocycles. The zero-order valence-corrected chi connectivity index (χ0v) is 13.8. The molecule has 0 saturated heterocycles. The van der Waals surface area contributed by atoms with Crippen molar-refractivity contribution in [3.63, 3.8) is 0 Å². The summed E-state index contributed by atoms with van der Waals surface area (Å²) in [7, 11) is 0. The molecule has 1 aromatic carbocycles. The van der Waals surface area contributed by atoms with Gasteiger partial charge in [0.25, 0.3) is 6.43 Å². The van der Waals surface area contributed by atoms with Crippen molar-refractivity contribution in [1.29, 1.82) is 0 Å². The fourth-order valence-corrected chi connectivity index (χ4v) is 2.76. The summed E-state index contributed by atoms with van der Waals surface area (Å²) in [5.41, 5.74) is 6.23. The Labute approximate surface area is 147 Å². The highest BCUT2D eigenvalue weighted by Gasteiger charge is 2.34. The minimum atomic E-state index is -2.81. The molecule has 0 bridgehead atoms. The number of hydrogen-bond acceptors (Lipinski definition) is 4. The predicted octanol–water partition coefficient (Wildman–Crippen LogP) is 3.22. The van der Waals surface area contributed by atoms with E-state index >= 15 is 0 Å². The average molecular weight is 369 g/mol. The molecule has 1 aromatic heterocycles. The lowest BCUT2D eigenvalue weighted by atomic mass is 10.2. The van der Waals surface area contributed by atoms with Gasteiger partial charge in [-0.25, -0.2) is 13.6 Å². The van der Waals surface area contributed by atoms with Crippen LogP contribution in [0.4, 0.5) is 8.78 Å². The number of halogens is 3. The number of benzene rings is 1. The quantitative estimate of drug-likeness (QED) is 0.367. The van der Waals surface area contributed by atoms with Gasteiger partial charge in [0.05, 0.1) is 10.7 Å². The largest absolute Gasteiger partial charge is 0.380 e. The van der Waals surface area contributed by atoms with Crippen LogP contribution < -0.4 is 5.73 Å². The van der Waals surface area contributed by atoms with Crippen molar-refractivity contribution in [2.24, 2.45) is 10.9 Å². The Kier molecular flexibility index (Phi) is 4.98. The second-order valence-corrected chi connectivity index (χ2v) is 6.00. The highest BCUT2D eigenvalue weighted by atomic mass is 35.5. The van der Waals surface area contributed by atoms with Gasteiger partial charge in [-0.05, 0) is 12.8 Å². The third-order valence-corrected chi connectivity index (χ3v) is 4.11. The maximum Gasteiger partial charge on any atom is 0.356 e. The molecule has 2 aromatic rings. The molecule has 0 spiro atoms. The van der Waals surface area contributed by atoms with Crippen LogP contribution in [-0.4, -0.2) is 21.6 Å². The highest BCUT2D eigenvalue weighted by molar-refractivity contribution is 6.32. The van der Waals surface area contributed by atoms with Gasteiger partial charge in [0.15, 0.2) is 5.84 Å². The second kappa shape index (κ2) is 7.18. The lowest BCUT2D eigenvalue weighted by Crippen LogP contribution is -2.18. The Morgan fingerprint density at radius 3 is 2.68 bits per heavy atom. The summed E-state index contributed by atoms with van der Waals surface area (Å²) in [4.78, 5) is 16.7. The minimum absolute atomic E-state index is 0.0307. The summed E-state index contributed by atoms with van der Waals surface area (Å²) in [6.45, 7) is -0.371. The van der Waals surface area contributed by atoms with Crippen LogP contribution in [0.5, 0.6) is 0 Å². The van der Waals surface area contributed by atoms with E-state index in [9.17, 15) is 13.6 Å². The first-order chi connectivity index (χ1) is 12.0. The Hall–Kier alpha value is -2.48. The summed E-state index contributed by atoms with van der Waals surface area (Å²) in [6.07, 6.45) is -1.17. The average Bonchev–Trinajstić information content (AvgIpc) is 3.37. The summed E-state index contributed by atoms with van der Waals surface area (Å²) in [6, 6.07) is 8.75. The zero-order valence-electron chi connectivity index (χ0n) is 13.0. The normalized spacial score (nSPS) is 14.8. The Bertz CT molecular complexity index is 804. The molecule has 1 aliphatic carbocycles. The monoisotopic (exact) mass is 368 g/mol. The molecule has 9 heteroatoms. The van der Waals surface area contributed by atoms with Crippen molar-refractivity contribution in [2.75, 3.05) is 0 Å². The van der Waals surface area contributed by atoms with E-state index < -0.39 is 18.1 Å². The number of rotatable bonds is 6. The van der Waals surface area contributed by atoms with Gasteiger partial charge in [-0.3, -0.25) is 4.68 Å². The van der Waals surface area contributed by atoms with Crippen LogP contribution in [0, 0.1) is 0 Å². The molecule has 1 fully saturated rings. The lowest BCUT2D eigenvalue weighted by molar-refractivity contribution is -0.144. The lowest BCUT2D eigenvalue weighted by Gasteiger charge is -2.05. The summed E-state index contributed by atoms with van der Waals surface area (Å²) < 4.78 is 27.1.